The van der Waals surface area contributed by atoms with Crippen molar-refractivity contribution in [2.45, 2.75) is 19.8 Å². The molecule has 0 saturated carbocycles. The lowest BCUT2D eigenvalue weighted by molar-refractivity contribution is 0.0980. The predicted octanol–water partition coefficient (Wildman–Crippen LogP) is 3.35. The van der Waals surface area contributed by atoms with Crippen LogP contribution in [-0.4, -0.2) is 24.0 Å². The van der Waals surface area contributed by atoms with Crippen molar-refractivity contribution in [2.75, 3.05) is 18.1 Å². The van der Waals surface area contributed by atoms with Gasteiger partial charge in [-0.15, -0.1) is 0 Å². The summed E-state index contributed by atoms with van der Waals surface area (Å²) in [6, 6.07) is 5.51. The van der Waals surface area contributed by atoms with E-state index in [0.29, 0.717) is 42.8 Å². The molecule has 1 aliphatic rings. The summed E-state index contributed by atoms with van der Waals surface area (Å²) in [5.41, 5.74) is 1.35. The molecular formula is C17H16F2N2O2. The molecule has 1 aliphatic heterocycles. The highest BCUT2D eigenvalue weighted by Crippen LogP contribution is 2.31. The number of hydrogen-bond acceptors (Lipinski definition) is 3. The van der Waals surface area contributed by atoms with Crippen LogP contribution in [0.15, 0.2) is 30.5 Å². The van der Waals surface area contributed by atoms with Crippen molar-refractivity contribution < 1.29 is 18.3 Å². The van der Waals surface area contributed by atoms with Gasteiger partial charge in [0.15, 0.2) is 11.6 Å². The lowest BCUT2D eigenvalue weighted by Gasteiger charge is -2.30. The van der Waals surface area contributed by atoms with Gasteiger partial charge in [-0.2, -0.15) is 0 Å². The van der Waals surface area contributed by atoms with E-state index in [0.717, 1.165) is 12.1 Å². The van der Waals surface area contributed by atoms with Gasteiger partial charge >= 0.3 is 0 Å². The molecule has 6 heteroatoms. The second kappa shape index (κ2) is 6.32. The van der Waals surface area contributed by atoms with Crippen molar-refractivity contribution in [3.05, 3.63) is 53.2 Å². The fraction of sp³-hybridized carbons (Fsp3) is 0.294. The summed E-state index contributed by atoms with van der Waals surface area (Å²) in [7, 11) is 0. The Morgan fingerprint density at radius 1 is 1.35 bits per heavy atom. The smallest absolute Gasteiger partial charge is 0.263 e. The SMILES string of the molecule is CCOc1ncccc1C(=O)N1CCCc2cc(F)c(F)cc21. The van der Waals surface area contributed by atoms with Gasteiger partial charge in [-0.25, -0.2) is 13.8 Å². The van der Waals surface area contributed by atoms with Crippen molar-refractivity contribution in [1.29, 1.82) is 0 Å². The Morgan fingerprint density at radius 2 is 2.13 bits per heavy atom. The average molecular weight is 318 g/mol. The van der Waals surface area contributed by atoms with Crippen LogP contribution in [-0.2, 0) is 6.42 Å². The van der Waals surface area contributed by atoms with E-state index in [-0.39, 0.29) is 11.8 Å². The number of nitrogens with zero attached hydrogens (tertiary/aromatic N) is 2. The summed E-state index contributed by atoms with van der Waals surface area (Å²) >= 11 is 0. The number of aromatic nitrogens is 1. The summed E-state index contributed by atoms with van der Waals surface area (Å²) in [6.07, 6.45) is 2.84. The first kappa shape index (κ1) is 15.4. The van der Waals surface area contributed by atoms with Crippen molar-refractivity contribution in [2.24, 2.45) is 0 Å². The fourth-order valence-electron chi connectivity index (χ4n) is 2.74. The van der Waals surface area contributed by atoms with Crippen molar-refractivity contribution >= 4 is 11.6 Å². The van der Waals surface area contributed by atoms with E-state index in [2.05, 4.69) is 4.98 Å². The predicted molar refractivity (Wildman–Crippen MR) is 81.8 cm³/mol. The lowest BCUT2D eigenvalue weighted by atomic mass is 10.0. The monoisotopic (exact) mass is 318 g/mol. The molecular weight excluding hydrogens is 302 g/mol. The van der Waals surface area contributed by atoms with Gasteiger partial charge < -0.3 is 9.64 Å². The number of benzene rings is 1. The summed E-state index contributed by atoms with van der Waals surface area (Å²) < 4.78 is 32.4. The summed E-state index contributed by atoms with van der Waals surface area (Å²) in [5, 5.41) is 0. The van der Waals surface area contributed by atoms with Crippen molar-refractivity contribution in [3.8, 4) is 5.88 Å². The highest BCUT2D eigenvalue weighted by molar-refractivity contribution is 6.08. The van der Waals surface area contributed by atoms with E-state index in [9.17, 15) is 13.6 Å². The average Bonchev–Trinajstić information content (AvgIpc) is 2.56. The highest BCUT2D eigenvalue weighted by Gasteiger charge is 2.27. The molecule has 23 heavy (non-hydrogen) atoms. The van der Waals surface area contributed by atoms with Crippen LogP contribution in [0.4, 0.5) is 14.5 Å². The lowest BCUT2D eigenvalue weighted by Crippen LogP contribution is -2.36. The number of pyridine rings is 1. The Kier molecular flexibility index (Phi) is 4.23. The van der Waals surface area contributed by atoms with Crippen LogP contribution >= 0.6 is 0 Å². The van der Waals surface area contributed by atoms with Crippen LogP contribution in [0.5, 0.6) is 5.88 Å². The first-order valence-electron chi connectivity index (χ1n) is 7.49. The normalized spacial score (nSPS) is 13.6. The summed E-state index contributed by atoms with van der Waals surface area (Å²) in [6.45, 7) is 2.63. The van der Waals surface area contributed by atoms with Crippen molar-refractivity contribution in [3.63, 3.8) is 0 Å². The molecule has 0 fully saturated rings. The highest BCUT2D eigenvalue weighted by atomic mass is 19.2. The van der Waals surface area contributed by atoms with Crippen LogP contribution in [0, 0.1) is 11.6 Å². The number of hydrogen-bond donors (Lipinski definition) is 0. The number of amides is 1. The van der Waals surface area contributed by atoms with Gasteiger partial charge in [-0.1, -0.05) is 0 Å². The summed E-state index contributed by atoms with van der Waals surface area (Å²) in [4.78, 5) is 18.4. The zero-order chi connectivity index (χ0) is 16.4. The van der Waals surface area contributed by atoms with Gasteiger partial charge in [0, 0.05) is 18.8 Å². The largest absolute Gasteiger partial charge is 0.477 e. The van der Waals surface area contributed by atoms with Crippen LogP contribution in [0.3, 0.4) is 0 Å². The third kappa shape index (κ3) is 2.88. The van der Waals surface area contributed by atoms with Crippen LogP contribution in [0.2, 0.25) is 0 Å². The van der Waals surface area contributed by atoms with E-state index in [4.69, 9.17) is 4.74 Å². The molecule has 0 bridgehead atoms. The molecule has 2 heterocycles. The maximum Gasteiger partial charge on any atom is 0.263 e. The third-order valence-corrected chi connectivity index (χ3v) is 3.77. The molecule has 0 radical (unpaired) electrons. The maximum atomic E-state index is 13.6. The molecule has 0 spiro atoms. The molecule has 0 aliphatic carbocycles. The first-order valence-corrected chi connectivity index (χ1v) is 7.49. The molecule has 4 nitrogen and oxygen atoms in total. The molecule has 1 aromatic carbocycles. The van der Waals surface area contributed by atoms with Gasteiger partial charge in [0.1, 0.15) is 5.56 Å². The zero-order valence-corrected chi connectivity index (χ0v) is 12.7. The summed E-state index contributed by atoms with van der Waals surface area (Å²) in [5.74, 6) is -1.93. The standard InChI is InChI=1S/C17H16F2N2O2/c1-2-23-16-12(6-3-7-20-16)17(22)21-8-4-5-11-9-13(18)14(19)10-15(11)21/h3,6-7,9-10H,2,4-5,8H2,1H3. The van der Waals surface area contributed by atoms with Gasteiger partial charge in [0.25, 0.3) is 5.91 Å². The number of rotatable bonds is 3. The molecule has 0 N–H and O–H groups in total. The van der Waals surface area contributed by atoms with Gasteiger partial charge in [0.2, 0.25) is 5.88 Å². The number of fused-ring (bicyclic) bond motifs is 1. The number of aryl methyl sites for hydroxylation is 1. The Balaban J connectivity index is 2.01. The number of halogens is 2. The number of ether oxygens (including phenoxy) is 1. The Labute approximate surface area is 132 Å². The topological polar surface area (TPSA) is 42.4 Å². The van der Waals surface area contributed by atoms with Crippen LogP contribution < -0.4 is 9.64 Å². The minimum absolute atomic E-state index is 0.245. The molecule has 2 aromatic rings. The Bertz CT molecular complexity index is 749. The Hall–Kier alpha value is -2.50. The molecule has 0 unspecified atom stereocenters. The van der Waals surface area contributed by atoms with E-state index >= 15 is 0 Å². The second-order valence-electron chi connectivity index (χ2n) is 5.24. The first-order chi connectivity index (χ1) is 11.1. The zero-order valence-electron chi connectivity index (χ0n) is 12.7. The third-order valence-electron chi connectivity index (χ3n) is 3.77. The molecule has 0 saturated heterocycles. The number of anilines is 1. The van der Waals surface area contributed by atoms with E-state index in [1.165, 1.54) is 4.90 Å². The van der Waals surface area contributed by atoms with Gasteiger partial charge in [-0.05, 0) is 43.5 Å². The van der Waals surface area contributed by atoms with Gasteiger partial charge in [0.05, 0.1) is 12.3 Å². The van der Waals surface area contributed by atoms with Crippen LogP contribution in [0.25, 0.3) is 0 Å². The number of carbonyl (C=O) groups excluding carboxylic acids is 1. The van der Waals surface area contributed by atoms with Crippen LogP contribution in [0.1, 0.15) is 29.3 Å². The quantitative estimate of drug-likeness (QED) is 0.871. The minimum atomic E-state index is -0.959. The molecule has 120 valence electrons. The van der Waals surface area contributed by atoms with E-state index in [1.807, 2.05) is 0 Å². The van der Waals surface area contributed by atoms with E-state index < -0.39 is 11.6 Å². The molecule has 1 amide bonds. The molecule has 1 aromatic heterocycles. The minimum Gasteiger partial charge on any atom is -0.477 e. The van der Waals surface area contributed by atoms with E-state index in [1.54, 1.807) is 25.3 Å². The maximum absolute atomic E-state index is 13.6. The van der Waals surface area contributed by atoms with Gasteiger partial charge in [-0.3, -0.25) is 4.79 Å². The fourth-order valence-corrected chi connectivity index (χ4v) is 2.74. The number of carbonyl (C=O) groups is 1. The van der Waals surface area contributed by atoms with Crippen molar-refractivity contribution in [1.82, 2.24) is 4.98 Å². The second-order valence-corrected chi connectivity index (χ2v) is 5.24. The molecule has 3 rings (SSSR count). The molecule has 0 atom stereocenters. The Morgan fingerprint density at radius 3 is 2.91 bits per heavy atom.